The molecule has 3 fully saturated rings. The van der Waals surface area contributed by atoms with Gasteiger partial charge in [-0.25, -0.2) is 4.98 Å². The van der Waals surface area contributed by atoms with E-state index in [0.29, 0.717) is 12.1 Å². The maximum absolute atomic E-state index is 11.7. The molecule has 0 bridgehead atoms. The van der Waals surface area contributed by atoms with Gasteiger partial charge in [0.1, 0.15) is 5.82 Å². The average Bonchev–Trinajstić information content (AvgIpc) is 3.07. The highest BCUT2D eigenvalue weighted by Gasteiger charge is 2.36. The summed E-state index contributed by atoms with van der Waals surface area (Å²) < 4.78 is 0. The predicted molar refractivity (Wildman–Crippen MR) is 98.7 cm³/mol. The minimum atomic E-state index is 0.241. The Labute approximate surface area is 150 Å². The zero-order chi connectivity index (χ0) is 17.2. The van der Waals surface area contributed by atoms with Crippen LogP contribution in [0.25, 0.3) is 0 Å². The predicted octanol–water partition coefficient (Wildman–Crippen LogP) is 0.899. The molecule has 0 N–H and O–H groups in total. The standard InChI is InChI=1S/C19H29N5O/c1-16(25)24-8-4-5-17(24)13-21-14-18(15-21)22-9-11-23(12-10-22)19-6-2-3-7-20-19/h2-3,6-7,17-18H,4-5,8-15H2,1H3. The van der Waals surface area contributed by atoms with E-state index >= 15 is 0 Å². The number of nitrogens with zero attached hydrogens (tertiary/aromatic N) is 5. The Hall–Kier alpha value is -1.66. The summed E-state index contributed by atoms with van der Waals surface area (Å²) in [5.41, 5.74) is 0. The second kappa shape index (κ2) is 7.30. The molecule has 4 heterocycles. The molecule has 136 valence electrons. The van der Waals surface area contributed by atoms with Crippen LogP contribution in [0.5, 0.6) is 0 Å². The Kier molecular flexibility index (Phi) is 4.90. The van der Waals surface area contributed by atoms with Crippen LogP contribution < -0.4 is 4.90 Å². The van der Waals surface area contributed by atoms with Crippen molar-refractivity contribution in [2.45, 2.75) is 31.8 Å². The monoisotopic (exact) mass is 343 g/mol. The third-order valence-corrected chi connectivity index (χ3v) is 5.99. The summed E-state index contributed by atoms with van der Waals surface area (Å²) in [6.07, 6.45) is 4.21. The van der Waals surface area contributed by atoms with Gasteiger partial charge >= 0.3 is 0 Å². The van der Waals surface area contributed by atoms with Crippen LogP contribution in [0.3, 0.4) is 0 Å². The number of likely N-dealkylation sites (tertiary alicyclic amines) is 2. The lowest BCUT2D eigenvalue weighted by atomic mass is 10.0. The molecule has 1 unspecified atom stereocenters. The van der Waals surface area contributed by atoms with Crippen molar-refractivity contribution in [1.29, 1.82) is 0 Å². The topological polar surface area (TPSA) is 42.9 Å². The van der Waals surface area contributed by atoms with Crippen molar-refractivity contribution in [1.82, 2.24) is 19.7 Å². The average molecular weight is 343 g/mol. The van der Waals surface area contributed by atoms with E-state index in [2.05, 4.69) is 36.7 Å². The number of pyridine rings is 1. The number of carbonyl (C=O) groups excluding carboxylic acids is 1. The normalized spacial score (nSPS) is 26.0. The number of hydrogen-bond donors (Lipinski definition) is 0. The van der Waals surface area contributed by atoms with Crippen LogP contribution in [0.2, 0.25) is 0 Å². The molecule has 3 aliphatic heterocycles. The number of aromatic nitrogens is 1. The van der Waals surface area contributed by atoms with Gasteiger partial charge in [0.2, 0.25) is 5.91 Å². The van der Waals surface area contributed by atoms with Gasteiger partial charge in [0, 0.05) is 77.6 Å². The van der Waals surface area contributed by atoms with E-state index in [9.17, 15) is 4.79 Å². The number of amides is 1. The maximum atomic E-state index is 11.7. The lowest BCUT2D eigenvalue weighted by Crippen LogP contribution is -2.64. The molecule has 1 amide bonds. The van der Waals surface area contributed by atoms with E-state index in [1.54, 1.807) is 6.92 Å². The molecule has 1 aromatic rings. The molecular formula is C19H29N5O. The molecular weight excluding hydrogens is 314 g/mol. The molecule has 0 spiro atoms. The molecule has 0 aromatic carbocycles. The first-order valence-corrected chi connectivity index (χ1v) is 9.60. The quantitative estimate of drug-likeness (QED) is 0.813. The fourth-order valence-corrected chi connectivity index (χ4v) is 4.52. The Bertz CT molecular complexity index is 581. The minimum Gasteiger partial charge on any atom is -0.354 e. The molecule has 0 radical (unpaired) electrons. The number of carbonyl (C=O) groups is 1. The first-order chi connectivity index (χ1) is 12.2. The first-order valence-electron chi connectivity index (χ1n) is 9.60. The van der Waals surface area contributed by atoms with Crippen LogP contribution in [-0.4, -0.2) is 90.0 Å². The fourth-order valence-electron chi connectivity index (χ4n) is 4.52. The van der Waals surface area contributed by atoms with Crippen LogP contribution in [0, 0.1) is 0 Å². The third kappa shape index (κ3) is 3.65. The van der Waals surface area contributed by atoms with Gasteiger partial charge in [-0.3, -0.25) is 14.6 Å². The SMILES string of the molecule is CC(=O)N1CCCC1CN1CC(N2CCN(c3ccccn3)CC2)C1. The van der Waals surface area contributed by atoms with E-state index < -0.39 is 0 Å². The summed E-state index contributed by atoms with van der Waals surface area (Å²) in [5, 5.41) is 0. The second-order valence-corrected chi connectivity index (χ2v) is 7.59. The smallest absolute Gasteiger partial charge is 0.219 e. The maximum Gasteiger partial charge on any atom is 0.219 e. The highest BCUT2D eigenvalue weighted by atomic mass is 16.2. The summed E-state index contributed by atoms with van der Waals surface area (Å²) in [4.78, 5) is 25.8. The molecule has 0 aliphatic carbocycles. The summed E-state index contributed by atoms with van der Waals surface area (Å²) in [7, 11) is 0. The summed E-state index contributed by atoms with van der Waals surface area (Å²) in [5.74, 6) is 1.34. The van der Waals surface area contributed by atoms with Crippen molar-refractivity contribution < 1.29 is 4.79 Å². The number of anilines is 1. The molecule has 1 atom stereocenters. The molecule has 3 aliphatic rings. The van der Waals surface area contributed by atoms with Crippen molar-refractivity contribution in [2.75, 3.05) is 57.3 Å². The largest absolute Gasteiger partial charge is 0.354 e. The van der Waals surface area contributed by atoms with Crippen LogP contribution in [0.4, 0.5) is 5.82 Å². The van der Waals surface area contributed by atoms with Gasteiger partial charge in [-0.05, 0) is 25.0 Å². The van der Waals surface area contributed by atoms with Gasteiger partial charge in [0.25, 0.3) is 0 Å². The summed E-state index contributed by atoms with van der Waals surface area (Å²) >= 11 is 0. The van der Waals surface area contributed by atoms with Gasteiger partial charge in [0.15, 0.2) is 0 Å². The molecule has 4 rings (SSSR count). The lowest BCUT2D eigenvalue weighted by molar-refractivity contribution is -0.130. The minimum absolute atomic E-state index is 0.241. The van der Waals surface area contributed by atoms with Crippen molar-refractivity contribution in [3.05, 3.63) is 24.4 Å². The fraction of sp³-hybridized carbons (Fsp3) is 0.684. The first kappa shape index (κ1) is 16.8. The molecule has 0 saturated carbocycles. The zero-order valence-electron chi connectivity index (χ0n) is 15.2. The van der Waals surface area contributed by atoms with Gasteiger partial charge < -0.3 is 9.80 Å². The second-order valence-electron chi connectivity index (χ2n) is 7.59. The third-order valence-electron chi connectivity index (χ3n) is 5.99. The van der Waals surface area contributed by atoms with Crippen LogP contribution in [0.15, 0.2) is 24.4 Å². The number of rotatable bonds is 4. The van der Waals surface area contributed by atoms with Gasteiger partial charge in [0.05, 0.1) is 0 Å². The summed E-state index contributed by atoms with van der Waals surface area (Å²) in [6.45, 7) is 10.4. The van der Waals surface area contributed by atoms with Crippen molar-refractivity contribution in [3.63, 3.8) is 0 Å². The van der Waals surface area contributed by atoms with Crippen molar-refractivity contribution in [3.8, 4) is 0 Å². The van der Waals surface area contributed by atoms with Crippen LogP contribution in [-0.2, 0) is 4.79 Å². The lowest BCUT2D eigenvalue weighted by Gasteiger charge is -2.49. The number of hydrogen-bond acceptors (Lipinski definition) is 5. The Balaban J connectivity index is 1.21. The van der Waals surface area contributed by atoms with Gasteiger partial charge in [-0.15, -0.1) is 0 Å². The van der Waals surface area contributed by atoms with E-state index in [1.165, 1.54) is 6.42 Å². The Morgan fingerprint density at radius 3 is 2.64 bits per heavy atom. The molecule has 6 nitrogen and oxygen atoms in total. The highest BCUT2D eigenvalue weighted by molar-refractivity contribution is 5.73. The van der Waals surface area contributed by atoms with Crippen LogP contribution >= 0.6 is 0 Å². The molecule has 3 saturated heterocycles. The van der Waals surface area contributed by atoms with Gasteiger partial charge in [-0.2, -0.15) is 0 Å². The Morgan fingerprint density at radius 2 is 1.96 bits per heavy atom. The molecule has 25 heavy (non-hydrogen) atoms. The molecule has 6 heteroatoms. The highest BCUT2D eigenvalue weighted by Crippen LogP contribution is 2.23. The van der Waals surface area contributed by atoms with E-state index in [4.69, 9.17) is 0 Å². The van der Waals surface area contributed by atoms with Crippen molar-refractivity contribution in [2.24, 2.45) is 0 Å². The molecule has 1 aromatic heterocycles. The van der Waals surface area contributed by atoms with Gasteiger partial charge in [-0.1, -0.05) is 6.07 Å². The van der Waals surface area contributed by atoms with Crippen LogP contribution in [0.1, 0.15) is 19.8 Å². The van der Waals surface area contributed by atoms with E-state index in [0.717, 1.165) is 64.6 Å². The number of piperazine rings is 1. The van der Waals surface area contributed by atoms with E-state index in [1.807, 2.05) is 12.3 Å². The Morgan fingerprint density at radius 1 is 1.16 bits per heavy atom. The van der Waals surface area contributed by atoms with Crippen molar-refractivity contribution >= 4 is 11.7 Å². The summed E-state index contributed by atoms with van der Waals surface area (Å²) in [6, 6.07) is 7.27. The van der Waals surface area contributed by atoms with E-state index in [-0.39, 0.29) is 5.91 Å². The zero-order valence-corrected chi connectivity index (χ0v) is 15.2.